The van der Waals surface area contributed by atoms with Gasteiger partial charge in [0.05, 0.1) is 105 Å². The van der Waals surface area contributed by atoms with Gasteiger partial charge in [0, 0.05) is 37.5 Å². The average molecular weight is 997 g/mol. The number of fused-ring (bicyclic) bond motifs is 2. The lowest BCUT2D eigenvalue weighted by molar-refractivity contribution is -0.307. The van der Waals surface area contributed by atoms with Gasteiger partial charge in [-0.1, -0.05) is 98.9 Å². The van der Waals surface area contributed by atoms with Crippen LogP contribution in [0.2, 0.25) is 0 Å². The fraction of sp³-hybridized carbons (Fsp3) is 0.680. The van der Waals surface area contributed by atoms with Crippen LogP contribution in [-0.4, -0.2) is 190 Å². The molecule has 2 bridgehead atoms. The van der Waals surface area contributed by atoms with Crippen LogP contribution < -0.4 is 11.1 Å². The van der Waals surface area contributed by atoms with E-state index < -0.39 is 166 Å². The van der Waals surface area contributed by atoms with Crippen molar-refractivity contribution in [1.82, 2.24) is 5.32 Å². The van der Waals surface area contributed by atoms with Crippen LogP contribution in [0.3, 0.4) is 0 Å². The molecule has 398 valence electrons. The Bertz CT molecular complexity index is 1770. The van der Waals surface area contributed by atoms with E-state index in [0.29, 0.717) is 0 Å². The third kappa shape index (κ3) is 20.2. The minimum atomic E-state index is -2.35. The van der Waals surface area contributed by atoms with Crippen molar-refractivity contribution in [3.05, 3.63) is 85.1 Å². The number of allylic oxidation sites excluding steroid dienone is 12. The normalized spacial score (nSPS) is 43.1. The van der Waals surface area contributed by atoms with E-state index in [4.69, 9.17) is 24.7 Å². The van der Waals surface area contributed by atoms with Crippen molar-refractivity contribution in [2.45, 2.75) is 183 Å². The number of hydrogen-bond acceptors (Lipinski definition) is 19. The third-order valence-electron chi connectivity index (χ3n) is 12.8. The van der Waals surface area contributed by atoms with Gasteiger partial charge in [-0.3, -0.25) is 9.59 Å². The summed E-state index contributed by atoms with van der Waals surface area (Å²) < 4.78 is 23.5. The number of hydrogen-bond donors (Lipinski definition) is 14. The molecule has 20 heteroatoms. The van der Waals surface area contributed by atoms with Crippen LogP contribution in [-0.2, 0) is 28.5 Å². The number of aliphatic hydroxyl groups excluding tert-OH is 11. The molecule has 0 spiro atoms. The summed E-state index contributed by atoms with van der Waals surface area (Å²) in [7, 11) is 0. The van der Waals surface area contributed by atoms with Crippen LogP contribution >= 0.6 is 0 Å². The second-order valence-electron chi connectivity index (χ2n) is 18.8. The SMILES string of the molecule is C[C@@H]1[C@H](O)[C@@H](C)/C=C/C=C/C=C/C=C/C=C/C=C/C=C/[C@H](O[C@@H]2O[C@H](C)[C@@H](O)[C@H](N)[C@@H]2O)C[C@@H]2O[C@](O)(C[C@@H](O)C[C@@H](O)[C@H](O)CC[C@@H](O)C[C@@H](O)CC(=O)O[C@H]1C)C[C@H](O)[C@H]2C(=O)NC(CO)CO. The minimum Gasteiger partial charge on any atom is -0.462 e. The van der Waals surface area contributed by atoms with Crippen LogP contribution in [0.1, 0.15) is 79.1 Å². The molecule has 0 radical (unpaired) electrons. The zero-order chi connectivity index (χ0) is 52.1. The first-order valence-electron chi connectivity index (χ1n) is 24.1. The highest BCUT2D eigenvalue weighted by Crippen LogP contribution is 2.38. The first-order chi connectivity index (χ1) is 33.1. The van der Waals surface area contributed by atoms with Crippen molar-refractivity contribution in [3.63, 3.8) is 0 Å². The third-order valence-corrected chi connectivity index (χ3v) is 12.8. The minimum absolute atomic E-state index is 0.121. The number of nitrogens with two attached hydrogens (primary N) is 1. The zero-order valence-corrected chi connectivity index (χ0v) is 40.5. The second-order valence-corrected chi connectivity index (χ2v) is 18.8. The molecule has 1 amide bonds. The van der Waals surface area contributed by atoms with Gasteiger partial charge in [-0.05, 0) is 33.1 Å². The molecule has 19 atom stereocenters. The molecule has 0 aromatic rings. The van der Waals surface area contributed by atoms with Crippen LogP contribution in [0.5, 0.6) is 0 Å². The van der Waals surface area contributed by atoms with Crippen molar-refractivity contribution >= 4 is 11.9 Å². The van der Waals surface area contributed by atoms with E-state index in [2.05, 4.69) is 5.32 Å². The molecule has 3 aliphatic heterocycles. The molecule has 70 heavy (non-hydrogen) atoms. The fourth-order valence-electron chi connectivity index (χ4n) is 8.44. The monoisotopic (exact) mass is 997 g/mol. The summed E-state index contributed by atoms with van der Waals surface area (Å²) in [4.78, 5) is 26.4. The molecule has 0 saturated carbocycles. The van der Waals surface area contributed by atoms with Gasteiger partial charge < -0.3 is 91.3 Å². The van der Waals surface area contributed by atoms with Gasteiger partial charge in [0.1, 0.15) is 12.2 Å². The number of esters is 1. The number of amides is 1. The molecule has 0 aromatic heterocycles. The number of carbonyl (C=O) groups excluding carboxylic acids is 2. The zero-order valence-electron chi connectivity index (χ0n) is 40.5. The molecular formula is C50H80N2O18. The summed E-state index contributed by atoms with van der Waals surface area (Å²) in [6.45, 7) is 5.43. The van der Waals surface area contributed by atoms with E-state index in [1.54, 1.807) is 86.8 Å². The molecule has 3 heterocycles. The molecule has 3 rings (SSSR count). The van der Waals surface area contributed by atoms with Crippen molar-refractivity contribution in [2.24, 2.45) is 23.5 Å². The van der Waals surface area contributed by atoms with Crippen molar-refractivity contribution in [3.8, 4) is 0 Å². The van der Waals surface area contributed by atoms with Crippen LogP contribution in [0.4, 0.5) is 0 Å². The summed E-state index contributed by atoms with van der Waals surface area (Å²) in [5.41, 5.74) is 6.07. The van der Waals surface area contributed by atoms with Gasteiger partial charge in [0.25, 0.3) is 0 Å². The maximum Gasteiger partial charge on any atom is 0.308 e. The van der Waals surface area contributed by atoms with Gasteiger partial charge in [0.2, 0.25) is 5.91 Å². The summed E-state index contributed by atoms with van der Waals surface area (Å²) >= 11 is 0. The summed E-state index contributed by atoms with van der Waals surface area (Å²) in [5.74, 6) is -6.18. The summed E-state index contributed by atoms with van der Waals surface area (Å²) in [6, 6.07) is -2.29. The number of rotatable bonds is 6. The Morgan fingerprint density at radius 1 is 0.700 bits per heavy atom. The van der Waals surface area contributed by atoms with Crippen molar-refractivity contribution in [1.29, 1.82) is 0 Å². The van der Waals surface area contributed by atoms with E-state index in [-0.39, 0.29) is 31.6 Å². The van der Waals surface area contributed by atoms with E-state index >= 15 is 0 Å². The largest absolute Gasteiger partial charge is 0.462 e. The standard InChI is InChI=1S/C50H80N2O18/c1-29-17-15-13-11-9-7-5-6-8-10-12-14-16-18-37(69-49-47(64)44(51)46(63)32(4)68-49)24-41-43(48(65)52-33(27-53)28-54)40(60)26-50(66,70-41)25-36(57)22-39(59)38(58)20-19-34(55)21-35(56)23-42(61)67-31(3)30(2)45(29)62/h5-18,29-41,43-47,49,53-60,62-64,66H,19-28,51H2,1-4H3,(H,52,65)/b6-5+,9-7+,10-8+,13-11+,14-12+,17-15+,18-16+/t29-,30-,31-,32+,34+,35+,36-,37-,38+,39+,40-,41-,43+,44-,45+,46+,47-,49-,50+/m0/s1. The highest BCUT2D eigenvalue weighted by atomic mass is 16.7. The first-order valence-corrected chi connectivity index (χ1v) is 24.1. The lowest BCUT2D eigenvalue weighted by Gasteiger charge is -2.46. The quantitative estimate of drug-likeness (QED) is 0.143. The molecule has 0 unspecified atom stereocenters. The van der Waals surface area contributed by atoms with Crippen LogP contribution in [0, 0.1) is 17.8 Å². The maximum absolute atomic E-state index is 13.7. The van der Waals surface area contributed by atoms with Gasteiger partial charge in [-0.15, -0.1) is 0 Å². The number of carbonyl (C=O) groups is 2. The maximum atomic E-state index is 13.7. The number of aliphatic hydroxyl groups is 12. The summed E-state index contributed by atoms with van der Waals surface area (Å²) in [6.07, 6.45) is 3.19. The van der Waals surface area contributed by atoms with E-state index in [1.165, 1.54) is 13.0 Å². The first kappa shape index (κ1) is 60.8. The van der Waals surface area contributed by atoms with E-state index in [9.17, 15) is 70.9 Å². The lowest BCUT2D eigenvalue weighted by atomic mass is 9.82. The molecular weight excluding hydrogens is 917 g/mol. The van der Waals surface area contributed by atoms with Crippen molar-refractivity contribution < 1.29 is 89.8 Å². The Balaban J connectivity index is 1.94. The number of ether oxygens (including phenoxy) is 4. The molecule has 0 aliphatic carbocycles. The smallest absolute Gasteiger partial charge is 0.308 e. The van der Waals surface area contributed by atoms with Gasteiger partial charge in [-0.25, -0.2) is 0 Å². The average Bonchev–Trinajstić information content (AvgIpc) is 3.29. The lowest BCUT2D eigenvalue weighted by Crippen LogP contribution is -2.62. The second kappa shape index (κ2) is 30.5. The number of cyclic esters (lactones) is 1. The Morgan fingerprint density at radius 2 is 1.27 bits per heavy atom. The predicted molar refractivity (Wildman–Crippen MR) is 255 cm³/mol. The molecule has 0 aromatic carbocycles. The van der Waals surface area contributed by atoms with Crippen LogP contribution in [0.15, 0.2) is 85.1 Å². The highest BCUT2D eigenvalue weighted by Gasteiger charge is 2.51. The molecule has 3 aliphatic rings. The molecule has 2 fully saturated rings. The fourth-order valence-corrected chi connectivity index (χ4v) is 8.44. The molecule has 15 N–H and O–H groups in total. The molecule has 2 saturated heterocycles. The van der Waals surface area contributed by atoms with Crippen molar-refractivity contribution in [2.75, 3.05) is 13.2 Å². The number of nitrogens with one attached hydrogen (secondary N) is 1. The molecule has 20 nitrogen and oxygen atoms in total. The van der Waals surface area contributed by atoms with E-state index in [0.717, 1.165) is 0 Å². The van der Waals surface area contributed by atoms with E-state index in [1.807, 2.05) is 13.0 Å². The Kier molecular flexibility index (Phi) is 26.5. The summed E-state index contributed by atoms with van der Waals surface area (Å²) in [5, 5.41) is 131. The Morgan fingerprint density at radius 3 is 1.86 bits per heavy atom. The van der Waals surface area contributed by atoms with Crippen LogP contribution in [0.25, 0.3) is 0 Å². The van der Waals surface area contributed by atoms with Gasteiger partial charge >= 0.3 is 5.97 Å². The Hall–Kier alpha value is -3.52. The predicted octanol–water partition coefficient (Wildman–Crippen LogP) is -0.903. The van der Waals surface area contributed by atoms with Gasteiger partial charge in [0.15, 0.2) is 12.1 Å². The highest BCUT2D eigenvalue weighted by molar-refractivity contribution is 5.80. The Labute approximate surface area is 410 Å². The topological polar surface area (TPSA) is 352 Å². The van der Waals surface area contributed by atoms with Gasteiger partial charge in [-0.2, -0.15) is 0 Å².